The summed E-state index contributed by atoms with van der Waals surface area (Å²) < 4.78 is 0. The molecule has 2 N–H and O–H groups in total. The van der Waals surface area contributed by atoms with Crippen LogP contribution in [0.2, 0.25) is 0 Å². The first-order chi connectivity index (χ1) is 5.27. The van der Waals surface area contributed by atoms with E-state index < -0.39 is 0 Å². The molecule has 64 valence electrons. The Bertz CT molecular complexity index is 167. The fraction of sp³-hybridized carbons (Fsp3) is 0.875. The molecule has 0 aromatic rings. The van der Waals surface area contributed by atoms with E-state index in [-0.39, 0.29) is 0 Å². The number of alkyl halides is 1. The standard InChI is InChI=1S/C7H12N2.CH3Cl/c1-4-2-7(8)9-6-3-5(4)6;1-2/h4-6H,2-3H2,1H3,(H2,8,9);1H3/t4-,5+,6+;/m0./s1. The molecule has 0 bridgehead atoms. The molecule has 1 aliphatic carbocycles. The quantitative estimate of drug-likeness (QED) is 0.557. The number of fused-ring (bicyclic) bond motifs is 1. The van der Waals surface area contributed by atoms with Crippen molar-refractivity contribution >= 4 is 17.4 Å². The normalized spacial score (nSPS) is 39.5. The van der Waals surface area contributed by atoms with Crippen molar-refractivity contribution in [2.45, 2.75) is 25.8 Å². The first kappa shape index (κ1) is 8.85. The Morgan fingerprint density at radius 2 is 2.18 bits per heavy atom. The molecule has 1 saturated carbocycles. The second kappa shape index (κ2) is 3.44. The third-order valence-corrected chi connectivity index (χ3v) is 2.40. The Morgan fingerprint density at radius 1 is 1.55 bits per heavy atom. The van der Waals surface area contributed by atoms with Gasteiger partial charge in [-0.2, -0.15) is 0 Å². The van der Waals surface area contributed by atoms with E-state index in [2.05, 4.69) is 23.5 Å². The summed E-state index contributed by atoms with van der Waals surface area (Å²) >= 11 is 4.64. The maximum atomic E-state index is 5.59. The van der Waals surface area contributed by atoms with E-state index in [9.17, 15) is 0 Å². The molecule has 0 amide bonds. The minimum absolute atomic E-state index is 0.619. The van der Waals surface area contributed by atoms with Crippen molar-refractivity contribution in [3.8, 4) is 0 Å². The van der Waals surface area contributed by atoms with Crippen LogP contribution >= 0.6 is 11.6 Å². The van der Waals surface area contributed by atoms with Gasteiger partial charge >= 0.3 is 0 Å². The lowest BCUT2D eigenvalue weighted by molar-refractivity contribution is 0.498. The van der Waals surface area contributed by atoms with Gasteiger partial charge in [-0.3, -0.25) is 4.99 Å². The number of aliphatic imine (C=N–C) groups is 1. The van der Waals surface area contributed by atoms with Crippen LogP contribution < -0.4 is 5.73 Å². The molecule has 1 fully saturated rings. The summed E-state index contributed by atoms with van der Waals surface area (Å²) in [6.45, 7) is 2.27. The molecular weight excluding hydrogens is 160 g/mol. The fourth-order valence-electron chi connectivity index (χ4n) is 1.71. The highest BCUT2D eigenvalue weighted by molar-refractivity contribution is 6.15. The third kappa shape index (κ3) is 1.86. The summed E-state index contributed by atoms with van der Waals surface area (Å²) in [5.74, 6) is 2.56. The highest BCUT2D eigenvalue weighted by Gasteiger charge is 2.43. The van der Waals surface area contributed by atoms with Crippen LogP contribution in [-0.4, -0.2) is 18.3 Å². The summed E-state index contributed by atoms with van der Waals surface area (Å²) in [4.78, 5) is 4.30. The molecule has 0 saturated heterocycles. The molecule has 0 unspecified atom stereocenters. The Morgan fingerprint density at radius 3 is 2.73 bits per heavy atom. The molecule has 1 heterocycles. The lowest BCUT2D eigenvalue weighted by Crippen LogP contribution is -2.22. The largest absolute Gasteiger partial charge is 0.387 e. The topological polar surface area (TPSA) is 38.4 Å². The van der Waals surface area contributed by atoms with Crippen LogP contribution in [0.1, 0.15) is 19.8 Å². The van der Waals surface area contributed by atoms with Gasteiger partial charge in [-0.15, -0.1) is 11.6 Å². The summed E-state index contributed by atoms with van der Waals surface area (Å²) in [5.41, 5.74) is 5.59. The zero-order valence-electron chi connectivity index (χ0n) is 7.05. The van der Waals surface area contributed by atoms with Crippen LogP contribution in [-0.2, 0) is 0 Å². The summed E-state index contributed by atoms with van der Waals surface area (Å²) in [6, 6.07) is 0.619. The van der Waals surface area contributed by atoms with E-state index in [1.54, 1.807) is 0 Å². The van der Waals surface area contributed by atoms with Gasteiger partial charge in [0.05, 0.1) is 11.9 Å². The predicted molar refractivity (Wildman–Crippen MR) is 49.1 cm³/mol. The SMILES string of the molecule is CCl.C[C@H]1CC(N)=N[C@@H]2C[C@H]12. The van der Waals surface area contributed by atoms with Crippen molar-refractivity contribution in [2.24, 2.45) is 22.6 Å². The Kier molecular flexibility index (Phi) is 2.77. The van der Waals surface area contributed by atoms with Gasteiger partial charge in [0.25, 0.3) is 0 Å². The van der Waals surface area contributed by atoms with E-state index >= 15 is 0 Å². The highest BCUT2D eigenvalue weighted by Crippen LogP contribution is 2.44. The minimum Gasteiger partial charge on any atom is -0.387 e. The Hall–Kier alpha value is -0.240. The third-order valence-electron chi connectivity index (χ3n) is 2.40. The number of hydrogen-bond donors (Lipinski definition) is 1. The van der Waals surface area contributed by atoms with Crippen molar-refractivity contribution in [3.63, 3.8) is 0 Å². The van der Waals surface area contributed by atoms with Crippen molar-refractivity contribution in [1.29, 1.82) is 0 Å². The summed E-state index contributed by atoms with van der Waals surface area (Å²) in [6.07, 6.45) is 3.79. The van der Waals surface area contributed by atoms with Crippen molar-refractivity contribution < 1.29 is 0 Å². The predicted octanol–water partition coefficient (Wildman–Crippen LogP) is 1.63. The number of rotatable bonds is 0. The zero-order chi connectivity index (χ0) is 8.43. The Balaban J connectivity index is 0.000000281. The minimum atomic E-state index is 0.619. The molecule has 2 rings (SSSR count). The van der Waals surface area contributed by atoms with E-state index in [1.165, 1.54) is 12.8 Å². The van der Waals surface area contributed by atoms with Gasteiger partial charge in [0, 0.05) is 12.8 Å². The lowest BCUT2D eigenvalue weighted by atomic mass is 9.99. The lowest BCUT2D eigenvalue weighted by Gasteiger charge is -2.13. The van der Waals surface area contributed by atoms with Crippen molar-refractivity contribution in [3.05, 3.63) is 0 Å². The second-order valence-electron chi connectivity index (χ2n) is 3.27. The van der Waals surface area contributed by atoms with Gasteiger partial charge < -0.3 is 5.73 Å². The average molecular weight is 175 g/mol. The van der Waals surface area contributed by atoms with Gasteiger partial charge in [0.1, 0.15) is 0 Å². The number of nitrogens with two attached hydrogens (primary N) is 1. The molecule has 0 spiro atoms. The number of halogens is 1. The van der Waals surface area contributed by atoms with Gasteiger partial charge in [-0.1, -0.05) is 6.92 Å². The van der Waals surface area contributed by atoms with Crippen LogP contribution in [0.3, 0.4) is 0 Å². The first-order valence-corrected chi connectivity index (χ1v) is 4.73. The number of nitrogens with zero attached hydrogens (tertiary/aromatic N) is 1. The monoisotopic (exact) mass is 174 g/mol. The van der Waals surface area contributed by atoms with E-state index in [4.69, 9.17) is 5.73 Å². The van der Waals surface area contributed by atoms with Gasteiger partial charge in [-0.05, 0) is 18.3 Å². The summed E-state index contributed by atoms with van der Waals surface area (Å²) in [7, 11) is 0. The van der Waals surface area contributed by atoms with E-state index in [1.807, 2.05) is 0 Å². The highest BCUT2D eigenvalue weighted by atomic mass is 35.5. The maximum absolute atomic E-state index is 5.59. The maximum Gasteiger partial charge on any atom is 0.0943 e. The van der Waals surface area contributed by atoms with Crippen LogP contribution in [0.25, 0.3) is 0 Å². The van der Waals surface area contributed by atoms with Crippen LogP contribution in [0.4, 0.5) is 0 Å². The van der Waals surface area contributed by atoms with Gasteiger partial charge in [0.15, 0.2) is 0 Å². The molecule has 3 atom stereocenters. The van der Waals surface area contributed by atoms with Crippen LogP contribution in [0, 0.1) is 11.8 Å². The Labute approximate surface area is 72.8 Å². The van der Waals surface area contributed by atoms with Crippen LogP contribution in [0.15, 0.2) is 4.99 Å². The first-order valence-electron chi connectivity index (χ1n) is 3.97. The fourth-order valence-corrected chi connectivity index (χ4v) is 1.71. The molecule has 0 radical (unpaired) electrons. The molecule has 0 aromatic heterocycles. The van der Waals surface area contributed by atoms with Gasteiger partial charge in [-0.25, -0.2) is 0 Å². The summed E-state index contributed by atoms with van der Waals surface area (Å²) in [5, 5.41) is 0. The molecule has 2 nitrogen and oxygen atoms in total. The smallest absolute Gasteiger partial charge is 0.0943 e. The molecule has 1 aliphatic heterocycles. The molecular formula is C8H15ClN2. The van der Waals surface area contributed by atoms with E-state index in [0.717, 1.165) is 24.1 Å². The zero-order valence-corrected chi connectivity index (χ0v) is 7.80. The second-order valence-corrected chi connectivity index (χ2v) is 3.27. The van der Waals surface area contributed by atoms with E-state index in [0.29, 0.717) is 6.04 Å². The number of amidine groups is 1. The molecule has 11 heavy (non-hydrogen) atoms. The van der Waals surface area contributed by atoms with Crippen molar-refractivity contribution in [1.82, 2.24) is 0 Å². The molecule has 0 aromatic carbocycles. The molecule has 2 aliphatic rings. The van der Waals surface area contributed by atoms with Gasteiger partial charge in [0.2, 0.25) is 0 Å². The number of hydrogen-bond acceptors (Lipinski definition) is 2. The van der Waals surface area contributed by atoms with Crippen LogP contribution in [0.5, 0.6) is 0 Å². The molecule has 3 heteroatoms. The average Bonchev–Trinajstić information content (AvgIpc) is 2.71. The van der Waals surface area contributed by atoms with Crippen molar-refractivity contribution in [2.75, 3.05) is 6.38 Å².